The van der Waals surface area contributed by atoms with Gasteiger partial charge in [-0.25, -0.2) is 0 Å². The number of benzene rings is 1. The van der Waals surface area contributed by atoms with Crippen LogP contribution in [0.2, 0.25) is 0 Å². The highest BCUT2D eigenvalue weighted by Crippen LogP contribution is 2.28. The zero-order valence-electron chi connectivity index (χ0n) is 13.2. The number of carbonyl (C=O) groups is 1. The van der Waals surface area contributed by atoms with Gasteiger partial charge in [0.1, 0.15) is 0 Å². The molecule has 1 aromatic carbocycles. The number of hydrogen-bond donors (Lipinski definition) is 0. The fourth-order valence-corrected chi connectivity index (χ4v) is 2.73. The molecule has 116 valence electrons. The van der Waals surface area contributed by atoms with Gasteiger partial charge < -0.3 is 9.47 Å². The van der Waals surface area contributed by atoms with Gasteiger partial charge >= 0.3 is 0 Å². The normalized spacial score (nSPS) is 20.2. The van der Waals surface area contributed by atoms with Gasteiger partial charge in [-0.15, -0.1) is 11.8 Å². The molecule has 0 N–H and O–H groups in total. The van der Waals surface area contributed by atoms with Crippen molar-refractivity contribution in [2.45, 2.75) is 38.4 Å². The number of ketones is 1. The van der Waals surface area contributed by atoms with E-state index >= 15 is 0 Å². The van der Waals surface area contributed by atoms with E-state index in [-0.39, 0.29) is 23.4 Å². The Morgan fingerprint density at radius 2 is 1.86 bits per heavy atom. The first-order valence-electron chi connectivity index (χ1n) is 7.32. The van der Waals surface area contributed by atoms with Gasteiger partial charge in [-0.05, 0) is 18.4 Å². The van der Waals surface area contributed by atoms with Crippen LogP contribution in [0.25, 0.3) is 0 Å². The van der Waals surface area contributed by atoms with Crippen molar-refractivity contribution in [3.8, 4) is 0 Å². The van der Waals surface area contributed by atoms with Crippen LogP contribution in [0.5, 0.6) is 0 Å². The molecule has 1 aliphatic heterocycles. The smallest absolute Gasteiger partial charge is 0.163 e. The molecule has 1 fully saturated rings. The molecule has 1 atom stereocenters. The SMILES string of the molecule is CSc1ccc(C(=O)CC(C)C2OCC(C)(C)CO2)cc1. The summed E-state index contributed by atoms with van der Waals surface area (Å²) in [5, 5.41) is 0. The Morgan fingerprint density at radius 1 is 1.29 bits per heavy atom. The predicted molar refractivity (Wildman–Crippen MR) is 85.8 cm³/mol. The van der Waals surface area contributed by atoms with Crippen LogP contribution < -0.4 is 0 Å². The molecule has 0 amide bonds. The Morgan fingerprint density at radius 3 is 2.38 bits per heavy atom. The third-order valence-electron chi connectivity index (χ3n) is 3.66. The molecule has 1 aromatic rings. The molecule has 0 bridgehead atoms. The summed E-state index contributed by atoms with van der Waals surface area (Å²) in [5.74, 6) is 0.209. The number of carbonyl (C=O) groups excluding carboxylic acids is 1. The fourth-order valence-electron chi connectivity index (χ4n) is 2.32. The molecule has 0 aromatic heterocycles. The number of hydrogen-bond acceptors (Lipinski definition) is 4. The number of thioether (sulfide) groups is 1. The quantitative estimate of drug-likeness (QED) is 0.608. The highest BCUT2D eigenvalue weighted by atomic mass is 32.2. The van der Waals surface area contributed by atoms with Crippen molar-refractivity contribution < 1.29 is 14.3 Å². The van der Waals surface area contributed by atoms with Gasteiger partial charge in [0, 0.05) is 28.2 Å². The highest BCUT2D eigenvalue weighted by Gasteiger charge is 2.32. The van der Waals surface area contributed by atoms with Gasteiger partial charge in [0.05, 0.1) is 13.2 Å². The van der Waals surface area contributed by atoms with E-state index in [0.717, 1.165) is 5.56 Å². The van der Waals surface area contributed by atoms with E-state index in [2.05, 4.69) is 13.8 Å². The molecule has 1 saturated heterocycles. The lowest BCUT2D eigenvalue weighted by Crippen LogP contribution is -2.41. The van der Waals surface area contributed by atoms with Crippen LogP contribution in [-0.2, 0) is 9.47 Å². The van der Waals surface area contributed by atoms with Gasteiger partial charge in [0.15, 0.2) is 12.1 Å². The second kappa shape index (κ2) is 6.95. The van der Waals surface area contributed by atoms with Crippen LogP contribution in [-0.4, -0.2) is 31.5 Å². The minimum atomic E-state index is -0.271. The Hall–Kier alpha value is -0.840. The molecule has 0 spiro atoms. The van der Waals surface area contributed by atoms with Gasteiger partial charge in [0.2, 0.25) is 0 Å². The van der Waals surface area contributed by atoms with Gasteiger partial charge in [0.25, 0.3) is 0 Å². The highest BCUT2D eigenvalue weighted by molar-refractivity contribution is 7.98. The summed E-state index contributed by atoms with van der Waals surface area (Å²) in [6, 6.07) is 7.76. The Bertz CT molecular complexity index is 471. The summed E-state index contributed by atoms with van der Waals surface area (Å²) in [7, 11) is 0. The van der Waals surface area contributed by atoms with E-state index in [4.69, 9.17) is 9.47 Å². The van der Waals surface area contributed by atoms with Crippen LogP contribution in [0.1, 0.15) is 37.6 Å². The van der Waals surface area contributed by atoms with Gasteiger partial charge in [-0.1, -0.05) is 32.9 Å². The van der Waals surface area contributed by atoms with Gasteiger partial charge in [-0.2, -0.15) is 0 Å². The average molecular weight is 308 g/mol. The van der Waals surface area contributed by atoms with Crippen LogP contribution >= 0.6 is 11.8 Å². The summed E-state index contributed by atoms with van der Waals surface area (Å²) in [5.41, 5.74) is 0.823. The van der Waals surface area contributed by atoms with Crippen molar-refractivity contribution in [1.82, 2.24) is 0 Å². The second-order valence-electron chi connectivity index (χ2n) is 6.49. The third kappa shape index (κ3) is 4.56. The Labute approximate surface area is 131 Å². The fraction of sp³-hybridized carbons (Fsp3) is 0.588. The lowest BCUT2D eigenvalue weighted by atomic mass is 9.94. The van der Waals surface area contributed by atoms with E-state index < -0.39 is 0 Å². The molecular weight excluding hydrogens is 284 g/mol. The molecule has 0 saturated carbocycles. The Balaban J connectivity index is 1.89. The van der Waals surface area contributed by atoms with Gasteiger partial charge in [-0.3, -0.25) is 4.79 Å². The average Bonchev–Trinajstić information content (AvgIpc) is 2.47. The van der Waals surface area contributed by atoms with Crippen molar-refractivity contribution >= 4 is 17.5 Å². The first-order valence-corrected chi connectivity index (χ1v) is 8.54. The van der Waals surface area contributed by atoms with Crippen LogP contribution in [0.4, 0.5) is 0 Å². The number of ether oxygens (including phenoxy) is 2. The van der Waals surface area contributed by atoms with Crippen molar-refractivity contribution in [1.29, 1.82) is 0 Å². The summed E-state index contributed by atoms with van der Waals surface area (Å²) in [4.78, 5) is 13.5. The molecule has 3 nitrogen and oxygen atoms in total. The van der Waals surface area contributed by atoms with E-state index in [1.165, 1.54) is 4.90 Å². The zero-order chi connectivity index (χ0) is 15.5. The van der Waals surface area contributed by atoms with E-state index in [9.17, 15) is 4.79 Å². The minimum absolute atomic E-state index is 0.0634. The maximum absolute atomic E-state index is 12.3. The molecule has 1 aliphatic rings. The topological polar surface area (TPSA) is 35.5 Å². The molecule has 4 heteroatoms. The number of Topliss-reactive ketones (excluding diaryl/α,β-unsaturated/α-hetero) is 1. The zero-order valence-corrected chi connectivity index (χ0v) is 14.0. The summed E-state index contributed by atoms with van der Waals surface area (Å²) in [6.07, 6.45) is 2.20. The summed E-state index contributed by atoms with van der Waals surface area (Å²) < 4.78 is 11.5. The van der Waals surface area contributed by atoms with Crippen LogP contribution in [0, 0.1) is 11.3 Å². The maximum Gasteiger partial charge on any atom is 0.163 e. The van der Waals surface area contributed by atoms with Crippen molar-refractivity contribution in [3.63, 3.8) is 0 Å². The molecule has 1 heterocycles. The molecule has 0 radical (unpaired) electrons. The molecular formula is C17H24O3S. The lowest BCUT2D eigenvalue weighted by Gasteiger charge is -2.37. The predicted octanol–water partition coefficient (Wildman–Crippen LogP) is 4.02. The molecule has 21 heavy (non-hydrogen) atoms. The monoisotopic (exact) mass is 308 g/mol. The van der Waals surface area contributed by atoms with Crippen molar-refractivity contribution in [2.75, 3.05) is 19.5 Å². The minimum Gasteiger partial charge on any atom is -0.352 e. The van der Waals surface area contributed by atoms with E-state index in [1.807, 2.05) is 37.4 Å². The van der Waals surface area contributed by atoms with Crippen LogP contribution in [0.15, 0.2) is 29.2 Å². The van der Waals surface area contributed by atoms with E-state index in [0.29, 0.717) is 19.6 Å². The maximum atomic E-state index is 12.3. The van der Waals surface area contributed by atoms with Crippen LogP contribution in [0.3, 0.4) is 0 Å². The molecule has 1 unspecified atom stereocenters. The summed E-state index contributed by atoms with van der Waals surface area (Å²) >= 11 is 1.67. The molecule has 2 rings (SSSR count). The summed E-state index contributed by atoms with van der Waals surface area (Å²) in [6.45, 7) is 7.60. The first-order chi connectivity index (χ1) is 9.91. The molecule has 0 aliphatic carbocycles. The lowest BCUT2D eigenvalue weighted by molar-refractivity contribution is -0.240. The Kier molecular flexibility index (Phi) is 5.47. The number of rotatable bonds is 5. The van der Waals surface area contributed by atoms with Crippen molar-refractivity contribution in [3.05, 3.63) is 29.8 Å². The van der Waals surface area contributed by atoms with Crippen molar-refractivity contribution in [2.24, 2.45) is 11.3 Å². The van der Waals surface area contributed by atoms with E-state index in [1.54, 1.807) is 11.8 Å². The second-order valence-corrected chi connectivity index (χ2v) is 7.37. The third-order valence-corrected chi connectivity index (χ3v) is 4.40. The standard InChI is InChI=1S/C17H24O3S/c1-12(16-19-10-17(2,3)11-20-16)9-15(18)13-5-7-14(21-4)8-6-13/h5-8,12,16H,9-11H2,1-4H3. The largest absolute Gasteiger partial charge is 0.352 e. The first kappa shape index (κ1) is 16.5.